The van der Waals surface area contributed by atoms with Crippen LogP contribution in [-0.2, 0) is 6.18 Å². The molecule has 24 heavy (non-hydrogen) atoms. The molecule has 0 bridgehead atoms. The van der Waals surface area contributed by atoms with Gasteiger partial charge in [-0.1, -0.05) is 41.4 Å². The van der Waals surface area contributed by atoms with E-state index in [-0.39, 0.29) is 15.6 Å². The molecule has 2 nitrogen and oxygen atoms in total. The van der Waals surface area contributed by atoms with E-state index in [4.69, 9.17) is 23.2 Å². The van der Waals surface area contributed by atoms with Crippen LogP contribution >= 0.6 is 34.5 Å². The fraction of sp³-hybridized carbons (Fsp3) is 0.0625. The zero-order valence-corrected chi connectivity index (χ0v) is 14.1. The molecule has 124 valence electrons. The molecule has 3 rings (SSSR count). The number of benzene rings is 2. The number of carbonyl (C=O) groups excluding carboxylic acids is 1. The molecule has 1 aromatic heterocycles. The van der Waals surface area contributed by atoms with Crippen molar-refractivity contribution in [1.29, 1.82) is 0 Å². The SMILES string of the molecule is O=C(Nc1ccccc1C(F)(F)F)c1sc2cccc(Cl)c2c1Cl. The quantitative estimate of drug-likeness (QED) is 0.533. The summed E-state index contributed by atoms with van der Waals surface area (Å²) < 4.78 is 39.7. The minimum Gasteiger partial charge on any atom is -0.321 e. The van der Waals surface area contributed by atoms with Crippen LogP contribution in [-0.4, -0.2) is 5.91 Å². The second-order valence-corrected chi connectivity index (χ2v) is 6.69. The monoisotopic (exact) mass is 389 g/mol. The van der Waals surface area contributed by atoms with Gasteiger partial charge in [0.05, 0.1) is 21.3 Å². The van der Waals surface area contributed by atoms with Gasteiger partial charge >= 0.3 is 6.18 Å². The molecule has 3 aromatic rings. The first-order valence-corrected chi connectivity index (χ1v) is 8.20. The lowest BCUT2D eigenvalue weighted by Crippen LogP contribution is -2.16. The second kappa shape index (κ2) is 6.27. The van der Waals surface area contributed by atoms with Crippen LogP contribution < -0.4 is 5.32 Å². The van der Waals surface area contributed by atoms with Crippen molar-refractivity contribution < 1.29 is 18.0 Å². The average molecular weight is 390 g/mol. The fourth-order valence-electron chi connectivity index (χ4n) is 2.24. The number of amides is 1. The summed E-state index contributed by atoms with van der Waals surface area (Å²) in [6, 6.07) is 9.83. The van der Waals surface area contributed by atoms with Crippen LogP contribution in [0.15, 0.2) is 42.5 Å². The highest BCUT2D eigenvalue weighted by molar-refractivity contribution is 7.21. The molecule has 0 spiro atoms. The number of alkyl halides is 3. The highest BCUT2D eigenvalue weighted by Crippen LogP contribution is 2.40. The zero-order chi connectivity index (χ0) is 17.5. The minimum atomic E-state index is -4.57. The van der Waals surface area contributed by atoms with E-state index in [1.165, 1.54) is 18.2 Å². The van der Waals surface area contributed by atoms with Crippen LogP contribution in [0.4, 0.5) is 18.9 Å². The number of thiophene rings is 1. The Kier molecular flexibility index (Phi) is 4.46. The summed E-state index contributed by atoms with van der Waals surface area (Å²) in [7, 11) is 0. The largest absolute Gasteiger partial charge is 0.418 e. The van der Waals surface area contributed by atoms with Gasteiger partial charge in [-0.3, -0.25) is 4.79 Å². The smallest absolute Gasteiger partial charge is 0.321 e. The number of hydrogen-bond acceptors (Lipinski definition) is 2. The number of fused-ring (bicyclic) bond motifs is 1. The van der Waals surface area contributed by atoms with E-state index in [1.54, 1.807) is 18.2 Å². The van der Waals surface area contributed by atoms with E-state index in [0.717, 1.165) is 17.4 Å². The molecular weight excluding hydrogens is 382 g/mol. The van der Waals surface area contributed by atoms with Crippen molar-refractivity contribution >= 4 is 56.2 Å². The van der Waals surface area contributed by atoms with Gasteiger partial charge in [0.2, 0.25) is 0 Å². The number of halogens is 5. The fourth-order valence-corrected chi connectivity index (χ4v) is 4.09. The van der Waals surface area contributed by atoms with Gasteiger partial charge in [0.15, 0.2) is 0 Å². The Morgan fingerprint density at radius 1 is 1.04 bits per heavy atom. The molecule has 0 saturated heterocycles. The van der Waals surface area contributed by atoms with Gasteiger partial charge in [-0.2, -0.15) is 13.2 Å². The van der Waals surface area contributed by atoms with E-state index in [2.05, 4.69) is 5.32 Å². The lowest BCUT2D eigenvalue weighted by molar-refractivity contribution is -0.136. The van der Waals surface area contributed by atoms with Crippen LogP contribution in [0.3, 0.4) is 0 Å². The van der Waals surface area contributed by atoms with Crippen LogP contribution in [0.2, 0.25) is 10.0 Å². The van der Waals surface area contributed by atoms with E-state index >= 15 is 0 Å². The molecule has 1 N–H and O–H groups in total. The summed E-state index contributed by atoms with van der Waals surface area (Å²) in [5, 5.41) is 3.30. The van der Waals surface area contributed by atoms with E-state index in [1.807, 2.05) is 0 Å². The average Bonchev–Trinajstić information content (AvgIpc) is 2.85. The summed E-state index contributed by atoms with van der Waals surface area (Å²) in [5.74, 6) is -0.714. The number of carbonyl (C=O) groups is 1. The molecule has 0 aliphatic heterocycles. The summed E-state index contributed by atoms with van der Waals surface area (Å²) in [6.07, 6.45) is -4.57. The number of nitrogens with one attached hydrogen (secondary N) is 1. The molecule has 0 radical (unpaired) electrons. The molecule has 0 atom stereocenters. The maximum Gasteiger partial charge on any atom is 0.418 e. The molecule has 0 aliphatic carbocycles. The first-order valence-electron chi connectivity index (χ1n) is 6.63. The third kappa shape index (κ3) is 3.09. The summed E-state index contributed by atoms with van der Waals surface area (Å²) in [5.41, 5.74) is -1.25. The Balaban J connectivity index is 2.01. The van der Waals surface area contributed by atoms with E-state index < -0.39 is 17.6 Å². The number of rotatable bonds is 2. The van der Waals surface area contributed by atoms with Crippen LogP contribution in [0.5, 0.6) is 0 Å². The van der Waals surface area contributed by atoms with Crippen LogP contribution in [0.25, 0.3) is 10.1 Å². The van der Waals surface area contributed by atoms with Gasteiger partial charge in [0.25, 0.3) is 5.91 Å². The predicted molar refractivity (Wildman–Crippen MR) is 91.2 cm³/mol. The molecule has 0 unspecified atom stereocenters. The lowest BCUT2D eigenvalue weighted by Gasteiger charge is -2.13. The molecule has 0 saturated carbocycles. The molecular formula is C16H8Cl2F3NOS. The van der Waals surface area contributed by atoms with E-state index in [9.17, 15) is 18.0 Å². The van der Waals surface area contributed by atoms with Crippen molar-refractivity contribution in [2.75, 3.05) is 5.32 Å². The molecule has 1 amide bonds. The third-order valence-electron chi connectivity index (χ3n) is 3.29. The zero-order valence-electron chi connectivity index (χ0n) is 11.7. The molecule has 8 heteroatoms. The van der Waals surface area contributed by atoms with E-state index in [0.29, 0.717) is 15.1 Å². The van der Waals surface area contributed by atoms with Gasteiger partial charge in [0, 0.05) is 10.1 Å². The molecule has 0 fully saturated rings. The molecule has 1 heterocycles. The van der Waals surface area contributed by atoms with Gasteiger partial charge in [-0.05, 0) is 24.3 Å². The predicted octanol–water partition coefficient (Wildman–Crippen LogP) is 6.48. The number of hydrogen-bond donors (Lipinski definition) is 1. The van der Waals surface area contributed by atoms with Crippen molar-refractivity contribution in [3.8, 4) is 0 Å². The standard InChI is InChI=1S/C16H8Cl2F3NOS/c17-9-5-3-7-11-12(9)13(18)14(24-11)15(23)22-10-6-2-1-4-8(10)16(19,20)21/h1-7H,(H,22,23). The highest BCUT2D eigenvalue weighted by atomic mass is 35.5. The summed E-state index contributed by atoms with van der Waals surface area (Å²) in [6.45, 7) is 0. The van der Waals surface area contributed by atoms with Crippen molar-refractivity contribution in [1.82, 2.24) is 0 Å². The van der Waals surface area contributed by atoms with Crippen LogP contribution in [0, 0.1) is 0 Å². The highest BCUT2D eigenvalue weighted by Gasteiger charge is 2.34. The first kappa shape index (κ1) is 17.1. The topological polar surface area (TPSA) is 29.1 Å². The van der Waals surface area contributed by atoms with Gasteiger partial charge in [-0.15, -0.1) is 11.3 Å². The van der Waals surface area contributed by atoms with Crippen molar-refractivity contribution in [2.45, 2.75) is 6.18 Å². The first-order chi connectivity index (χ1) is 11.3. The minimum absolute atomic E-state index is 0.108. The Hall–Kier alpha value is -1.76. The number of anilines is 1. The molecule has 2 aromatic carbocycles. The van der Waals surface area contributed by atoms with Gasteiger partial charge in [0.1, 0.15) is 4.88 Å². The Morgan fingerprint density at radius 3 is 2.42 bits per heavy atom. The van der Waals surface area contributed by atoms with Crippen molar-refractivity contribution in [3.05, 3.63) is 63.0 Å². The second-order valence-electron chi connectivity index (χ2n) is 4.86. The Labute approximate surface area is 148 Å². The normalized spacial score (nSPS) is 11.7. The van der Waals surface area contributed by atoms with Gasteiger partial charge in [-0.25, -0.2) is 0 Å². The van der Waals surface area contributed by atoms with Gasteiger partial charge < -0.3 is 5.32 Å². The lowest BCUT2D eigenvalue weighted by atomic mass is 10.1. The summed E-state index contributed by atoms with van der Waals surface area (Å²) in [4.78, 5) is 12.5. The number of para-hydroxylation sites is 1. The Bertz CT molecular complexity index is 937. The Morgan fingerprint density at radius 2 is 1.75 bits per heavy atom. The summed E-state index contributed by atoms with van der Waals surface area (Å²) >= 11 is 13.3. The maximum atomic E-state index is 13.0. The third-order valence-corrected chi connectivity index (χ3v) is 5.25. The maximum absolute atomic E-state index is 13.0. The van der Waals surface area contributed by atoms with Crippen LogP contribution in [0.1, 0.15) is 15.2 Å². The van der Waals surface area contributed by atoms with Crippen molar-refractivity contribution in [3.63, 3.8) is 0 Å². The van der Waals surface area contributed by atoms with Crippen molar-refractivity contribution in [2.24, 2.45) is 0 Å². The molecule has 0 aliphatic rings.